The van der Waals surface area contributed by atoms with Crippen LogP contribution in [0, 0.1) is 15.9 Å². The van der Waals surface area contributed by atoms with Gasteiger partial charge in [-0.25, -0.2) is 0 Å². The molecule has 0 saturated heterocycles. The van der Waals surface area contributed by atoms with Crippen molar-refractivity contribution in [2.75, 3.05) is 0 Å². The van der Waals surface area contributed by atoms with Gasteiger partial charge in [-0.1, -0.05) is 74.9 Å². The van der Waals surface area contributed by atoms with Gasteiger partial charge in [0.15, 0.2) is 0 Å². The molecule has 0 nitrogen and oxygen atoms in total. The molecule has 0 heteroatoms. The number of hydrogen-bond acceptors (Lipinski definition) is 0. The van der Waals surface area contributed by atoms with E-state index >= 15 is 0 Å². The molecular formula is C25H26. The van der Waals surface area contributed by atoms with Gasteiger partial charge in [0.1, 0.15) is 0 Å². The Balaban J connectivity index is 2.02. The summed E-state index contributed by atoms with van der Waals surface area (Å²) in [5.41, 5.74) is 7.32. The first-order chi connectivity index (χ1) is 11.9. The van der Waals surface area contributed by atoms with Gasteiger partial charge < -0.3 is 0 Å². The van der Waals surface area contributed by atoms with Crippen molar-refractivity contribution in [3.8, 4) is 0 Å². The second-order valence-electron chi connectivity index (χ2n) is 8.46. The van der Waals surface area contributed by atoms with Crippen molar-refractivity contribution in [1.82, 2.24) is 0 Å². The third kappa shape index (κ3) is 2.61. The van der Waals surface area contributed by atoms with Crippen molar-refractivity contribution < 1.29 is 0 Å². The number of benzene rings is 2. The molecule has 126 valence electrons. The lowest BCUT2D eigenvalue weighted by atomic mass is 9.87. The Morgan fingerprint density at radius 2 is 1.60 bits per heavy atom. The van der Waals surface area contributed by atoms with Crippen molar-refractivity contribution in [1.29, 1.82) is 0 Å². The molecule has 0 spiro atoms. The lowest BCUT2D eigenvalue weighted by Gasteiger charge is -2.18. The van der Waals surface area contributed by atoms with Crippen molar-refractivity contribution in [2.45, 2.75) is 41.0 Å². The summed E-state index contributed by atoms with van der Waals surface area (Å²) in [6, 6.07) is 15.8. The van der Waals surface area contributed by atoms with Crippen molar-refractivity contribution in [3.63, 3.8) is 0 Å². The zero-order chi connectivity index (χ0) is 17.8. The summed E-state index contributed by atoms with van der Waals surface area (Å²) < 4.78 is 0. The highest BCUT2D eigenvalue weighted by Crippen LogP contribution is 2.37. The third-order valence-corrected chi connectivity index (χ3v) is 5.41. The van der Waals surface area contributed by atoms with Crippen LogP contribution in [0.2, 0.25) is 0 Å². The van der Waals surface area contributed by atoms with E-state index in [4.69, 9.17) is 0 Å². The molecule has 0 bridgehead atoms. The Morgan fingerprint density at radius 3 is 2.24 bits per heavy atom. The van der Waals surface area contributed by atoms with E-state index in [1.807, 2.05) is 0 Å². The number of fused-ring (bicyclic) bond motifs is 2. The molecule has 0 radical (unpaired) electrons. The summed E-state index contributed by atoms with van der Waals surface area (Å²) >= 11 is 0. The molecule has 2 aliphatic carbocycles. The summed E-state index contributed by atoms with van der Waals surface area (Å²) in [5.74, 6) is 0. The summed E-state index contributed by atoms with van der Waals surface area (Å²) in [4.78, 5) is 0. The van der Waals surface area contributed by atoms with Crippen LogP contribution in [0.5, 0.6) is 0 Å². The highest BCUT2D eigenvalue weighted by molar-refractivity contribution is 5.83. The van der Waals surface area contributed by atoms with Crippen LogP contribution < -0.4 is 10.4 Å². The van der Waals surface area contributed by atoms with Gasteiger partial charge in [-0.15, -0.1) is 0 Å². The lowest BCUT2D eigenvalue weighted by molar-refractivity contribution is 0.518. The zero-order valence-corrected chi connectivity index (χ0v) is 15.9. The van der Waals surface area contributed by atoms with E-state index in [-0.39, 0.29) is 5.41 Å². The quantitative estimate of drug-likeness (QED) is 0.693. The molecule has 0 aliphatic heterocycles. The second-order valence-corrected chi connectivity index (χ2v) is 8.46. The molecule has 2 aromatic rings. The van der Waals surface area contributed by atoms with Gasteiger partial charge in [-0.2, -0.15) is 0 Å². The van der Waals surface area contributed by atoms with E-state index in [0.717, 1.165) is 6.42 Å². The summed E-state index contributed by atoms with van der Waals surface area (Å²) in [6.45, 7) is 11.3. The SMILES string of the molecule is CC(C)=c1ccc2c(c1)C(C1=CC(C(C)(C)C)=CC1)=c1ccccc1=2. The molecule has 0 unspecified atom stereocenters. The van der Waals surface area contributed by atoms with E-state index in [9.17, 15) is 0 Å². The topological polar surface area (TPSA) is 0 Å². The Kier molecular flexibility index (Phi) is 3.61. The van der Waals surface area contributed by atoms with Crippen LogP contribution in [0.25, 0.3) is 11.1 Å². The molecule has 0 heterocycles. The van der Waals surface area contributed by atoms with Gasteiger partial charge in [-0.05, 0) is 74.9 Å². The van der Waals surface area contributed by atoms with Crippen molar-refractivity contribution in [3.05, 3.63) is 92.2 Å². The van der Waals surface area contributed by atoms with Crippen LogP contribution in [0.4, 0.5) is 0 Å². The Morgan fingerprint density at radius 1 is 0.880 bits per heavy atom. The largest absolute Gasteiger partial charge is 0.0763 e. The Hall–Kier alpha value is -2.34. The van der Waals surface area contributed by atoms with Gasteiger partial charge in [0.25, 0.3) is 0 Å². The van der Waals surface area contributed by atoms with E-state index < -0.39 is 0 Å². The number of allylic oxidation sites excluding steroid dienone is 4. The maximum atomic E-state index is 2.43. The van der Waals surface area contributed by atoms with Gasteiger partial charge in [-0.3, -0.25) is 0 Å². The van der Waals surface area contributed by atoms with E-state index in [0.29, 0.717) is 0 Å². The lowest BCUT2D eigenvalue weighted by Crippen LogP contribution is -2.08. The maximum absolute atomic E-state index is 2.43. The Bertz CT molecular complexity index is 1140. The van der Waals surface area contributed by atoms with E-state index in [1.54, 1.807) is 0 Å². The third-order valence-electron chi connectivity index (χ3n) is 5.41. The number of hydrogen-bond donors (Lipinski definition) is 0. The summed E-state index contributed by atoms with van der Waals surface area (Å²) in [5, 5.41) is 5.48. The maximum Gasteiger partial charge on any atom is -0.00634 e. The standard InChI is InChI=1S/C25H26/c1-16(2)17-11-13-21-20-8-6-7-9-22(20)24(23(21)15-17)18-10-12-19(14-18)25(3,4)5/h6-9,11-15H,10H2,1-5H3. The zero-order valence-electron chi connectivity index (χ0n) is 15.9. The van der Waals surface area contributed by atoms with Crippen LogP contribution in [-0.4, -0.2) is 0 Å². The molecule has 0 amide bonds. The monoisotopic (exact) mass is 326 g/mol. The molecule has 25 heavy (non-hydrogen) atoms. The predicted molar refractivity (Wildman–Crippen MR) is 107 cm³/mol. The van der Waals surface area contributed by atoms with Crippen LogP contribution in [0.15, 0.2) is 65.8 Å². The molecule has 0 N–H and O–H groups in total. The predicted octanol–water partition coefficient (Wildman–Crippen LogP) is 4.98. The fourth-order valence-corrected chi connectivity index (χ4v) is 3.95. The van der Waals surface area contributed by atoms with Crippen molar-refractivity contribution in [2.24, 2.45) is 5.41 Å². The number of rotatable bonds is 1. The van der Waals surface area contributed by atoms with Crippen LogP contribution in [0.3, 0.4) is 0 Å². The molecule has 0 saturated carbocycles. The van der Waals surface area contributed by atoms with Crippen LogP contribution >= 0.6 is 0 Å². The fraction of sp³-hybridized carbons (Fsp3) is 0.280. The Labute approximate surface area is 150 Å². The molecule has 0 fully saturated rings. The first-order valence-corrected chi connectivity index (χ1v) is 9.19. The van der Waals surface area contributed by atoms with Gasteiger partial charge >= 0.3 is 0 Å². The minimum atomic E-state index is 0.207. The van der Waals surface area contributed by atoms with E-state index in [2.05, 4.69) is 89.2 Å². The highest BCUT2D eigenvalue weighted by atomic mass is 14.3. The molecule has 4 rings (SSSR count). The molecule has 0 atom stereocenters. The highest BCUT2D eigenvalue weighted by Gasteiger charge is 2.23. The summed E-state index contributed by atoms with van der Waals surface area (Å²) in [6.07, 6.45) is 5.87. The van der Waals surface area contributed by atoms with Gasteiger partial charge in [0, 0.05) is 0 Å². The second kappa shape index (κ2) is 5.59. The van der Waals surface area contributed by atoms with Crippen LogP contribution in [-0.2, 0) is 0 Å². The molecule has 2 aromatic carbocycles. The van der Waals surface area contributed by atoms with E-state index in [1.165, 1.54) is 48.7 Å². The smallest absolute Gasteiger partial charge is 0.00634 e. The minimum absolute atomic E-state index is 0.207. The first-order valence-electron chi connectivity index (χ1n) is 9.19. The van der Waals surface area contributed by atoms with Crippen LogP contribution in [0.1, 0.15) is 46.6 Å². The van der Waals surface area contributed by atoms with Gasteiger partial charge in [0.2, 0.25) is 0 Å². The van der Waals surface area contributed by atoms with Gasteiger partial charge in [0.05, 0.1) is 0 Å². The molecule has 2 aliphatic rings. The normalized spacial score (nSPS) is 15.6. The average Bonchev–Trinajstić information content (AvgIpc) is 3.16. The summed E-state index contributed by atoms with van der Waals surface area (Å²) in [7, 11) is 0. The average molecular weight is 326 g/mol. The minimum Gasteiger partial charge on any atom is -0.0763 e. The first kappa shape index (κ1) is 16.1. The van der Waals surface area contributed by atoms with Crippen molar-refractivity contribution >= 4 is 11.1 Å². The molecule has 0 aromatic heterocycles. The fourth-order valence-electron chi connectivity index (χ4n) is 3.95. The molecular weight excluding hydrogens is 300 g/mol.